The van der Waals surface area contributed by atoms with Crippen molar-refractivity contribution in [1.82, 2.24) is 19.5 Å². The molecule has 0 aromatic carbocycles. The molecule has 2 fully saturated rings. The van der Waals surface area contributed by atoms with Gasteiger partial charge in [0.2, 0.25) is 0 Å². The van der Waals surface area contributed by atoms with Crippen LogP contribution in [0.3, 0.4) is 0 Å². The lowest BCUT2D eigenvalue weighted by Gasteiger charge is -2.23. The fraction of sp³-hybridized carbons (Fsp3) is 0.571. The molecule has 3 N–H and O–H groups in total. The summed E-state index contributed by atoms with van der Waals surface area (Å²) in [5, 5.41) is 9.50. The van der Waals surface area contributed by atoms with Gasteiger partial charge in [-0.25, -0.2) is 15.0 Å². The summed E-state index contributed by atoms with van der Waals surface area (Å²) >= 11 is 0. The van der Waals surface area contributed by atoms with Crippen LogP contribution in [0.1, 0.15) is 26.3 Å². The first kappa shape index (κ1) is 14.3. The molecule has 23 heavy (non-hydrogen) atoms. The maximum absolute atomic E-state index is 11.6. The van der Waals surface area contributed by atoms with Crippen molar-refractivity contribution in [2.75, 3.05) is 5.73 Å². The van der Waals surface area contributed by atoms with E-state index in [1.807, 2.05) is 4.57 Å². The van der Waals surface area contributed by atoms with Gasteiger partial charge in [0.15, 0.2) is 17.3 Å². The summed E-state index contributed by atoms with van der Waals surface area (Å²) in [6.45, 7) is 3.57. The molecule has 0 amide bonds. The van der Waals surface area contributed by atoms with E-state index in [9.17, 15) is 9.90 Å². The predicted molar refractivity (Wildman–Crippen MR) is 78.3 cm³/mol. The fourth-order valence-corrected chi connectivity index (χ4v) is 3.58. The lowest BCUT2D eigenvalue weighted by atomic mass is 10.1. The van der Waals surface area contributed by atoms with Gasteiger partial charge in [0.25, 0.3) is 0 Å². The summed E-state index contributed by atoms with van der Waals surface area (Å²) in [5.41, 5.74) is 6.89. The van der Waals surface area contributed by atoms with Gasteiger partial charge in [-0.3, -0.25) is 4.79 Å². The number of hydrogen-bond acceptors (Lipinski definition) is 7. The Morgan fingerprint density at radius 2 is 2.09 bits per heavy atom. The highest BCUT2D eigenvalue weighted by Gasteiger charge is 2.57. The predicted octanol–water partition coefficient (Wildman–Crippen LogP) is 0.574. The molecule has 1 saturated heterocycles. The van der Waals surface area contributed by atoms with Crippen molar-refractivity contribution in [1.29, 1.82) is 0 Å². The van der Waals surface area contributed by atoms with Crippen LogP contribution in [-0.2, 0) is 14.3 Å². The van der Waals surface area contributed by atoms with E-state index in [1.54, 1.807) is 20.2 Å². The normalized spacial score (nSPS) is 32.3. The second-order valence-corrected chi connectivity index (χ2v) is 6.40. The number of nitrogens with two attached hydrogens (primary N) is 1. The Morgan fingerprint density at radius 1 is 1.35 bits per heavy atom. The molecular formula is C14H17N5O4. The topological polar surface area (TPSA) is 125 Å². The Kier molecular flexibility index (Phi) is 2.88. The first-order chi connectivity index (χ1) is 10.9. The largest absolute Gasteiger partial charge is 0.481 e. The van der Waals surface area contributed by atoms with Gasteiger partial charge in [-0.05, 0) is 20.3 Å². The number of fused-ring (bicyclic) bond motifs is 2. The monoisotopic (exact) mass is 319 g/mol. The number of ether oxygens (including phenoxy) is 2. The van der Waals surface area contributed by atoms with E-state index in [2.05, 4.69) is 15.0 Å². The van der Waals surface area contributed by atoms with Gasteiger partial charge in [-0.1, -0.05) is 0 Å². The molecule has 1 saturated carbocycles. The van der Waals surface area contributed by atoms with Gasteiger partial charge in [0, 0.05) is 0 Å². The highest BCUT2D eigenvalue weighted by atomic mass is 16.8. The number of anilines is 1. The summed E-state index contributed by atoms with van der Waals surface area (Å²) in [6.07, 6.45) is 2.49. The molecule has 9 nitrogen and oxygen atoms in total. The highest BCUT2D eigenvalue weighted by Crippen LogP contribution is 2.47. The second-order valence-electron chi connectivity index (χ2n) is 6.40. The molecule has 0 spiro atoms. The summed E-state index contributed by atoms with van der Waals surface area (Å²) in [5.74, 6) is -2.04. The number of carbonyl (C=O) groups is 1. The van der Waals surface area contributed by atoms with Crippen molar-refractivity contribution in [2.24, 2.45) is 5.92 Å². The molecule has 2 aromatic rings. The molecule has 4 atom stereocenters. The van der Waals surface area contributed by atoms with Crippen molar-refractivity contribution in [3.8, 4) is 0 Å². The quantitative estimate of drug-likeness (QED) is 0.823. The number of aromatic nitrogens is 4. The Balaban J connectivity index is 1.78. The first-order valence-electron chi connectivity index (χ1n) is 7.39. The van der Waals surface area contributed by atoms with Crippen LogP contribution in [0.2, 0.25) is 0 Å². The maximum Gasteiger partial charge on any atom is 0.309 e. The van der Waals surface area contributed by atoms with E-state index in [0.717, 1.165) is 0 Å². The lowest BCUT2D eigenvalue weighted by molar-refractivity contribution is -0.167. The third kappa shape index (κ3) is 2.07. The number of carboxylic acids is 1. The van der Waals surface area contributed by atoms with Crippen molar-refractivity contribution in [3.05, 3.63) is 12.7 Å². The Hall–Kier alpha value is -2.26. The Bertz CT molecular complexity index is 789. The Morgan fingerprint density at radius 3 is 2.83 bits per heavy atom. The molecule has 0 unspecified atom stereocenters. The molecule has 1 aliphatic heterocycles. The number of nitrogens with zero attached hydrogens (tertiary/aromatic N) is 4. The average molecular weight is 319 g/mol. The average Bonchev–Trinajstić information content (AvgIpc) is 3.09. The molecular weight excluding hydrogens is 302 g/mol. The number of carboxylic acid groups (broad SMARTS) is 1. The standard InChI is InChI=1S/C14H17N5O4/c1-14(2)22-9-6(13(20)21)3-7(10(9)23-14)19-5-18-8-11(15)16-4-17-12(8)19/h4-7,9-10H,3H2,1-2H3,(H,20,21)(H2,15,16,17)/t6-,7+,9+,10-/m0/s1. The molecule has 4 rings (SSSR count). The molecule has 9 heteroatoms. The minimum absolute atomic E-state index is 0.234. The van der Waals surface area contributed by atoms with Crippen LogP contribution in [0.4, 0.5) is 5.82 Å². The smallest absolute Gasteiger partial charge is 0.309 e. The molecule has 122 valence electrons. The Labute approximate surface area is 131 Å². The van der Waals surface area contributed by atoms with Crippen LogP contribution in [0.5, 0.6) is 0 Å². The summed E-state index contributed by atoms with van der Waals surface area (Å²) in [6, 6.07) is -0.234. The van der Waals surface area contributed by atoms with Gasteiger partial charge in [-0.15, -0.1) is 0 Å². The molecule has 3 heterocycles. The second kappa shape index (κ2) is 4.62. The van der Waals surface area contributed by atoms with Crippen molar-refractivity contribution in [3.63, 3.8) is 0 Å². The van der Waals surface area contributed by atoms with Crippen LogP contribution in [0.25, 0.3) is 11.2 Å². The molecule has 1 aliphatic carbocycles. The van der Waals surface area contributed by atoms with Gasteiger partial charge < -0.3 is 24.9 Å². The van der Waals surface area contributed by atoms with Crippen LogP contribution in [0, 0.1) is 5.92 Å². The van der Waals surface area contributed by atoms with Crippen LogP contribution < -0.4 is 5.73 Å². The molecule has 2 aromatic heterocycles. The van der Waals surface area contributed by atoms with Crippen LogP contribution in [-0.4, -0.2) is 48.6 Å². The number of aliphatic carboxylic acids is 1. The summed E-state index contributed by atoms with van der Waals surface area (Å²) < 4.78 is 13.6. The van der Waals surface area contributed by atoms with Gasteiger partial charge in [-0.2, -0.15) is 0 Å². The fourth-order valence-electron chi connectivity index (χ4n) is 3.58. The third-order valence-electron chi connectivity index (χ3n) is 4.50. The minimum Gasteiger partial charge on any atom is -0.481 e. The molecule has 0 bridgehead atoms. The zero-order chi connectivity index (χ0) is 16.4. The number of nitrogen functional groups attached to an aromatic ring is 1. The van der Waals surface area contributed by atoms with E-state index >= 15 is 0 Å². The van der Waals surface area contributed by atoms with E-state index in [-0.39, 0.29) is 12.1 Å². The van der Waals surface area contributed by atoms with E-state index < -0.39 is 23.8 Å². The highest BCUT2D eigenvalue weighted by molar-refractivity contribution is 5.81. The summed E-state index contributed by atoms with van der Waals surface area (Å²) in [4.78, 5) is 24.0. The van der Waals surface area contributed by atoms with Crippen LogP contribution in [0.15, 0.2) is 12.7 Å². The first-order valence-corrected chi connectivity index (χ1v) is 7.39. The number of hydrogen-bond donors (Lipinski definition) is 2. The SMILES string of the molecule is CC1(C)O[C@@H]2[C@H](O1)[C@@H](C(=O)O)C[C@H]2n1cnc2c(N)ncnc21. The maximum atomic E-state index is 11.6. The number of imidazole rings is 1. The third-order valence-corrected chi connectivity index (χ3v) is 4.50. The zero-order valence-corrected chi connectivity index (χ0v) is 12.7. The van der Waals surface area contributed by atoms with Crippen molar-refractivity contribution < 1.29 is 19.4 Å². The number of rotatable bonds is 2. The molecule has 2 aliphatic rings. The van der Waals surface area contributed by atoms with E-state index in [1.165, 1.54) is 6.33 Å². The zero-order valence-electron chi connectivity index (χ0n) is 12.7. The lowest BCUT2D eigenvalue weighted by Crippen LogP contribution is -2.30. The van der Waals surface area contributed by atoms with Crippen LogP contribution >= 0.6 is 0 Å². The van der Waals surface area contributed by atoms with E-state index in [0.29, 0.717) is 23.4 Å². The molecule has 0 radical (unpaired) electrons. The van der Waals surface area contributed by atoms with Gasteiger partial charge >= 0.3 is 5.97 Å². The van der Waals surface area contributed by atoms with Gasteiger partial charge in [0.05, 0.1) is 18.3 Å². The van der Waals surface area contributed by atoms with Crippen molar-refractivity contribution in [2.45, 2.75) is 44.3 Å². The van der Waals surface area contributed by atoms with Crippen molar-refractivity contribution >= 4 is 23.0 Å². The van der Waals surface area contributed by atoms with E-state index in [4.69, 9.17) is 15.2 Å². The minimum atomic E-state index is -0.887. The summed E-state index contributed by atoms with van der Waals surface area (Å²) in [7, 11) is 0. The van der Waals surface area contributed by atoms with Gasteiger partial charge in [0.1, 0.15) is 24.1 Å².